The van der Waals surface area contributed by atoms with E-state index in [4.69, 9.17) is 4.74 Å². The first-order valence-electron chi connectivity index (χ1n) is 9.10. The van der Waals surface area contributed by atoms with Crippen LogP contribution in [0.5, 0.6) is 0 Å². The fourth-order valence-corrected chi connectivity index (χ4v) is 3.97. The number of piperidine rings is 1. The lowest BCUT2D eigenvalue weighted by Gasteiger charge is -2.41. The fraction of sp³-hybridized carbons (Fsp3) is 0.600. The van der Waals surface area contributed by atoms with Crippen molar-refractivity contribution in [1.82, 2.24) is 10.2 Å². The van der Waals surface area contributed by atoms with Crippen molar-refractivity contribution in [3.63, 3.8) is 0 Å². The Morgan fingerprint density at radius 1 is 1.12 bits per heavy atom. The Balaban J connectivity index is 0.00000113. The Kier molecular flexibility index (Phi) is 7.78. The summed E-state index contributed by atoms with van der Waals surface area (Å²) in [5, 5.41) is 3.91. The van der Waals surface area contributed by atoms with E-state index >= 15 is 0 Å². The maximum absolute atomic E-state index is 5.32. The van der Waals surface area contributed by atoms with E-state index in [2.05, 4.69) is 53.5 Å². The summed E-state index contributed by atoms with van der Waals surface area (Å²) >= 11 is 0. The van der Waals surface area contributed by atoms with Crippen LogP contribution in [0.4, 0.5) is 0 Å². The number of ether oxygens (including phenoxy) is 1. The van der Waals surface area contributed by atoms with Gasteiger partial charge < -0.3 is 10.1 Å². The van der Waals surface area contributed by atoms with Crippen molar-refractivity contribution in [2.24, 2.45) is 5.92 Å². The summed E-state index contributed by atoms with van der Waals surface area (Å²) < 4.78 is 5.32. The highest BCUT2D eigenvalue weighted by atomic mass is 35.5. The second-order valence-corrected chi connectivity index (χ2v) is 7.42. The number of nitrogens with one attached hydrogen (secondary N) is 1. The van der Waals surface area contributed by atoms with E-state index in [-0.39, 0.29) is 24.8 Å². The molecule has 5 heteroatoms. The van der Waals surface area contributed by atoms with Crippen LogP contribution in [-0.2, 0) is 4.74 Å². The van der Waals surface area contributed by atoms with Crippen LogP contribution in [0.2, 0.25) is 0 Å². The molecule has 3 aliphatic rings. The second kappa shape index (κ2) is 9.38. The molecule has 1 aromatic carbocycles. The van der Waals surface area contributed by atoms with Gasteiger partial charge in [-0.2, -0.15) is 0 Å². The minimum atomic E-state index is 0. The molecule has 0 radical (unpaired) electrons. The van der Waals surface area contributed by atoms with E-state index in [1.807, 2.05) is 0 Å². The molecule has 2 heterocycles. The third kappa shape index (κ3) is 5.21. The van der Waals surface area contributed by atoms with Gasteiger partial charge in [-0.25, -0.2) is 0 Å². The summed E-state index contributed by atoms with van der Waals surface area (Å²) in [6.07, 6.45) is 6.25. The molecule has 140 valence electrons. The molecule has 0 amide bonds. The van der Waals surface area contributed by atoms with Gasteiger partial charge >= 0.3 is 0 Å². The van der Waals surface area contributed by atoms with Gasteiger partial charge in [0.2, 0.25) is 0 Å². The zero-order valence-corrected chi connectivity index (χ0v) is 16.5. The number of halogens is 2. The fourth-order valence-electron chi connectivity index (χ4n) is 3.97. The minimum absolute atomic E-state index is 0. The molecule has 2 atom stereocenters. The lowest BCUT2D eigenvalue weighted by molar-refractivity contribution is -0.0719. The monoisotopic (exact) mass is 384 g/mol. The molecule has 25 heavy (non-hydrogen) atoms. The lowest BCUT2D eigenvalue weighted by atomic mass is 10.0. The summed E-state index contributed by atoms with van der Waals surface area (Å²) in [7, 11) is 0. The average molecular weight is 385 g/mol. The van der Waals surface area contributed by atoms with Gasteiger partial charge in [0.1, 0.15) is 0 Å². The molecular weight excluding hydrogens is 355 g/mol. The first-order valence-corrected chi connectivity index (χ1v) is 9.10. The minimum Gasteiger partial charge on any atom is -0.378 e. The van der Waals surface area contributed by atoms with E-state index in [1.54, 1.807) is 0 Å². The normalized spacial score (nSPS) is 27.8. The zero-order chi connectivity index (χ0) is 15.6. The second-order valence-electron chi connectivity index (χ2n) is 7.42. The van der Waals surface area contributed by atoms with Crippen LogP contribution in [0.1, 0.15) is 31.7 Å². The number of nitrogens with zero attached hydrogens (tertiary/aromatic N) is 1. The Morgan fingerprint density at radius 3 is 2.40 bits per heavy atom. The Labute approximate surface area is 164 Å². The molecule has 2 saturated heterocycles. The van der Waals surface area contributed by atoms with E-state index in [0.717, 1.165) is 19.1 Å². The Hall–Kier alpha value is -0.580. The first kappa shape index (κ1) is 20.7. The summed E-state index contributed by atoms with van der Waals surface area (Å²) in [6.45, 7) is 6.67. The molecule has 2 unspecified atom stereocenters. The maximum Gasteiger partial charge on any atom is 0.0645 e. The number of benzene rings is 1. The smallest absolute Gasteiger partial charge is 0.0645 e. The van der Waals surface area contributed by atoms with Crippen LogP contribution in [0, 0.1) is 5.92 Å². The van der Waals surface area contributed by atoms with Gasteiger partial charge in [0, 0.05) is 25.2 Å². The van der Waals surface area contributed by atoms with E-state index in [1.165, 1.54) is 43.5 Å². The van der Waals surface area contributed by atoms with Gasteiger partial charge in [-0.15, -0.1) is 24.8 Å². The van der Waals surface area contributed by atoms with Crippen molar-refractivity contribution >= 4 is 30.9 Å². The number of likely N-dealkylation sites (tertiary alicyclic amines) is 1. The molecule has 2 aliphatic heterocycles. The van der Waals surface area contributed by atoms with Crippen LogP contribution in [0.25, 0.3) is 6.08 Å². The molecule has 0 bridgehead atoms. The molecule has 0 spiro atoms. The van der Waals surface area contributed by atoms with Crippen LogP contribution >= 0.6 is 24.8 Å². The highest BCUT2D eigenvalue weighted by Crippen LogP contribution is 2.38. The van der Waals surface area contributed by atoms with Crippen molar-refractivity contribution in [3.05, 3.63) is 41.5 Å². The quantitative estimate of drug-likeness (QED) is 0.835. The highest BCUT2D eigenvalue weighted by Gasteiger charge is 2.40. The van der Waals surface area contributed by atoms with Crippen LogP contribution in [0.15, 0.2) is 35.9 Å². The standard InChI is InChI=1S/C20H28N2O.2ClH/c1-15(11-16-5-3-2-4-6-16)19-12-20(19)21-17-7-9-22(10-8-17)18-13-23-14-18;;/h2-6,11,17-21H,7-10,12-14H2,1H3;2*1H/b15-11+;;. The van der Waals surface area contributed by atoms with Crippen LogP contribution in [-0.4, -0.2) is 49.3 Å². The molecule has 1 aromatic rings. The Morgan fingerprint density at radius 2 is 1.80 bits per heavy atom. The van der Waals surface area contributed by atoms with E-state index in [0.29, 0.717) is 18.1 Å². The molecule has 3 fully saturated rings. The third-order valence-corrected chi connectivity index (χ3v) is 5.69. The van der Waals surface area contributed by atoms with Gasteiger partial charge in [-0.05, 0) is 37.7 Å². The molecule has 1 saturated carbocycles. The highest BCUT2D eigenvalue weighted by molar-refractivity contribution is 5.85. The van der Waals surface area contributed by atoms with Crippen molar-refractivity contribution in [1.29, 1.82) is 0 Å². The van der Waals surface area contributed by atoms with E-state index in [9.17, 15) is 0 Å². The summed E-state index contributed by atoms with van der Waals surface area (Å²) in [5.74, 6) is 0.744. The summed E-state index contributed by atoms with van der Waals surface area (Å²) in [4.78, 5) is 2.62. The number of rotatable bonds is 5. The predicted molar refractivity (Wildman–Crippen MR) is 109 cm³/mol. The molecule has 1 aliphatic carbocycles. The Bertz CT molecular complexity index is 554. The van der Waals surface area contributed by atoms with Gasteiger partial charge in [0.15, 0.2) is 0 Å². The van der Waals surface area contributed by atoms with Gasteiger partial charge in [0.25, 0.3) is 0 Å². The predicted octanol–water partition coefficient (Wildman–Crippen LogP) is 3.77. The summed E-state index contributed by atoms with van der Waals surface area (Å²) in [5.41, 5.74) is 2.85. The van der Waals surface area contributed by atoms with Crippen molar-refractivity contribution in [2.45, 2.75) is 44.3 Å². The first-order chi connectivity index (χ1) is 11.3. The number of hydrogen-bond donors (Lipinski definition) is 1. The van der Waals surface area contributed by atoms with Crippen molar-refractivity contribution < 1.29 is 4.74 Å². The number of hydrogen-bond acceptors (Lipinski definition) is 3. The van der Waals surface area contributed by atoms with Gasteiger partial charge in [0.05, 0.1) is 19.3 Å². The third-order valence-electron chi connectivity index (χ3n) is 5.69. The molecule has 3 nitrogen and oxygen atoms in total. The molecule has 4 rings (SSSR count). The van der Waals surface area contributed by atoms with Crippen LogP contribution < -0.4 is 5.32 Å². The summed E-state index contributed by atoms with van der Waals surface area (Å²) in [6, 6.07) is 12.8. The van der Waals surface area contributed by atoms with Crippen molar-refractivity contribution in [3.8, 4) is 0 Å². The van der Waals surface area contributed by atoms with Crippen LogP contribution in [0.3, 0.4) is 0 Å². The van der Waals surface area contributed by atoms with E-state index < -0.39 is 0 Å². The molecule has 0 aromatic heterocycles. The van der Waals surface area contributed by atoms with Crippen molar-refractivity contribution in [2.75, 3.05) is 26.3 Å². The SMILES string of the molecule is C/C(=C\c1ccccc1)C1CC1NC1CCN(C2COC2)CC1.Cl.Cl. The average Bonchev–Trinajstić information content (AvgIpc) is 3.28. The molecule has 1 N–H and O–H groups in total. The zero-order valence-electron chi connectivity index (χ0n) is 14.9. The molecular formula is C20H30Cl2N2O. The van der Waals surface area contributed by atoms with Gasteiger partial charge in [-0.1, -0.05) is 42.0 Å². The topological polar surface area (TPSA) is 24.5 Å². The largest absolute Gasteiger partial charge is 0.378 e. The van der Waals surface area contributed by atoms with Gasteiger partial charge in [-0.3, -0.25) is 4.90 Å². The lowest BCUT2D eigenvalue weighted by Crippen LogP contribution is -2.54. The maximum atomic E-state index is 5.32.